The molecule has 3 heterocycles. The first-order valence-corrected chi connectivity index (χ1v) is 7.83. The summed E-state index contributed by atoms with van der Waals surface area (Å²) in [5, 5.41) is 19.1. The van der Waals surface area contributed by atoms with Gasteiger partial charge in [0, 0.05) is 11.6 Å². The first-order valence-electron chi connectivity index (χ1n) is 7.45. The first kappa shape index (κ1) is 16.1. The van der Waals surface area contributed by atoms with E-state index >= 15 is 0 Å². The zero-order valence-corrected chi connectivity index (χ0v) is 14.1. The molecular formula is C17H10ClN3O5. The molecule has 0 aliphatic carbocycles. The minimum atomic E-state index is -0.545. The predicted molar refractivity (Wildman–Crippen MR) is 91.5 cm³/mol. The van der Waals surface area contributed by atoms with Crippen molar-refractivity contribution in [2.45, 2.75) is 6.92 Å². The number of hydrogen-bond acceptors (Lipinski definition) is 7. The number of hydrogen-bond donors (Lipinski definition) is 0. The van der Waals surface area contributed by atoms with Crippen molar-refractivity contribution in [3.63, 3.8) is 0 Å². The second-order valence-electron chi connectivity index (χ2n) is 5.39. The molecule has 0 saturated carbocycles. The Morgan fingerprint density at radius 2 is 1.88 bits per heavy atom. The van der Waals surface area contributed by atoms with Crippen LogP contribution < -0.4 is 0 Å². The summed E-state index contributed by atoms with van der Waals surface area (Å²) in [5.74, 6) is 1.92. The van der Waals surface area contributed by atoms with Gasteiger partial charge in [-0.3, -0.25) is 10.1 Å². The Morgan fingerprint density at radius 1 is 1.08 bits per heavy atom. The molecule has 0 aliphatic rings. The van der Waals surface area contributed by atoms with E-state index in [0.29, 0.717) is 28.4 Å². The van der Waals surface area contributed by atoms with Crippen LogP contribution in [-0.2, 0) is 0 Å². The van der Waals surface area contributed by atoms with E-state index in [1.807, 2.05) is 0 Å². The van der Waals surface area contributed by atoms with Crippen LogP contribution in [-0.4, -0.2) is 15.1 Å². The van der Waals surface area contributed by atoms with Gasteiger partial charge in [-0.25, -0.2) is 0 Å². The van der Waals surface area contributed by atoms with Crippen LogP contribution in [0.1, 0.15) is 5.76 Å². The molecule has 0 spiro atoms. The zero-order chi connectivity index (χ0) is 18.3. The maximum absolute atomic E-state index is 11.1. The van der Waals surface area contributed by atoms with Crippen molar-refractivity contribution in [3.8, 4) is 34.4 Å². The Balaban J connectivity index is 1.73. The number of furan rings is 2. The van der Waals surface area contributed by atoms with Gasteiger partial charge in [0.1, 0.15) is 16.5 Å². The normalized spacial score (nSPS) is 11.0. The van der Waals surface area contributed by atoms with Crippen molar-refractivity contribution in [2.24, 2.45) is 0 Å². The SMILES string of the molecule is Cc1oc(-c2ccc(Cl)c([N+](=O)[O-])c2)cc1-c1nnc(-c2ccco2)o1. The van der Waals surface area contributed by atoms with Gasteiger partial charge in [0.05, 0.1) is 16.7 Å². The number of aromatic nitrogens is 2. The van der Waals surface area contributed by atoms with Crippen molar-refractivity contribution in [1.29, 1.82) is 0 Å². The van der Waals surface area contributed by atoms with Crippen LogP contribution >= 0.6 is 11.6 Å². The van der Waals surface area contributed by atoms with E-state index in [1.54, 1.807) is 31.2 Å². The average Bonchev–Trinajstić information content (AvgIpc) is 3.34. The third kappa shape index (κ3) is 2.76. The molecule has 130 valence electrons. The van der Waals surface area contributed by atoms with E-state index in [9.17, 15) is 10.1 Å². The van der Waals surface area contributed by atoms with Gasteiger partial charge in [0.2, 0.25) is 0 Å². The van der Waals surface area contributed by atoms with Gasteiger partial charge < -0.3 is 13.3 Å². The Kier molecular flexibility index (Phi) is 3.81. The van der Waals surface area contributed by atoms with Crippen LogP contribution in [0.3, 0.4) is 0 Å². The molecule has 0 saturated heterocycles. The number of nitro groups is 1. The summed E-state index contributed by atoms with van der Waals surface area (Å²) in [7, 11) is 0. The molecule has 0 unspecified atom stereocenters. The second kappa shape index (κ2) is 6.16. The number of nitrogens with zero attached hydrogens (tertiary/aromatic N) is 3. The van der Waals surface area contributed by atoms with E-state index in [2.05, 4.69) is 10.2 Å². The molecule has 4 rings (SSSR count). The number of nitro benzene ring substituents is 1. The van der Waals surface area contributed by atoms with E-state index in [1.165, 1.54) is 18.4 Å². The van der Waals surface area contributed by atoms with Crippen LogP contribution in [0.4, 0.5) is 5.69 Å². The third-order valence-electron chi connectivity index (χ3n) is 3.73. The fourth-order valence-corrected chi connectivity index (χ4v) is 2.66. The molecule has 0 atom stereocenters. The monoisotopic (exact) mass is 371 g/mol. The summed E-state index contributed by atoms with van der Waals surface area (Å²) in [6.07, 6.45) is 1.51. The molecule has 0 aliphatic heterocycles. The van der Waals surface area contributed by atoms with Crippen molar-refractivity contribution >= 4 is 17.3 Å². The number of aryl methyl sites for hydroxylation is 1. The average molecular weight is 372 g/mol. The standard InChI is InChI=1S/C17H10ClN3O5/c1-9-11(16-19-20-17(26-16)14-3-2-6-24-14)8-15(25-9)10-4-5-12(18)13(7-10)21(22)23/h2-8H,1H3. The van der Waals surface area contributed by atoms with Gasteiger partial charge in [0.15, 0.2) is 5.76 Å². The molecule has 0 amide bonds. The van der Waals surface area contributed by atoms with Crippen molar-refractivity contribution < 1.29 is 18.2 Å². The Bertz CT molecular complexity index is 1100. The molecule has 1 aromatic carbocycles. The lowest BCUT2D eigenvalue weighted by Gasteiger charge is -1.99. The molecule has 3 aromatic heterocycles. The first-order chi connectivity index (χ1) is 12.5. The maximum atomic E-state index is 11.1. The minimum Gasteiger partial charge on any atom is -0.461 e. The highest BCUT2D eigenvalue weighted by Crippen LogP contribution is 2.35. The van der Waals surface area contributed by atoms with Crippen LogP contribution in [0.2, 0.25) is 5.02 Å². The van der Waals surface area contributed by atoms with E-state index in [-0.39, 0.29) is 22.5 Å². The smallest absolute Gasteiger partial charge is 0.288 e. The molecule has 4 aromatic rings. The highest BCUT2D eigenvalue weighted by molar-refractivity contribution is 6.32. The topological polar surface area (TPSA) is 108 Å². The minimum absolute atomic E-state index is 0.0576. The van der Waals surface area contributed by atoms with Gasteiger partial charge in [0.25, 0.3) is 17.5 Å². The molecule has 9 heteroatoms. The summed E-state index contributed by atoms with van der Waals surface area (Å²) in [6, 6.07) is 9.55. The maximum Gasteiger partial charge on any atom is 0.288 e. The Labute approximate surface area is 151 Å². The quantitative estimate of drug-likeness (QED) is 0.361. The largest absolute Gasteiger partial charge is 0.461 e. The Morgan fingerprint density at radius 3 is 2.62 bits per heavy atom. The van der Waals surface area contributed by atoms with Gasteiger partial charge in [-0.1, -0.05) is 11.6 Å². The van der Waals surface area contributed by atoms with Crippen molar-refractivity contribution in [1.82, 2.24) is 10.2 Å². The van der Waals surface area contributed by atoms with E-state index in [4.69, 9.17) is 24.9 Å². The third-order valence-corrected chi connectivity index (χ3v) is 4.05. The summed E-state index contributed by atoms with van der Waals surface area (Å²) in [5.41, 5.74) is 0.904. The summed E-state index contributed by atoms with van der Waals surface area (Å²) in [6.45, 7) is 1.74. The van der Waals surface area contributed by atoms with Gasteiger partial charge in [-0.05, 0) is 37.3 Å². The van der Waals surface area contributed by atoms with Crippen molar-refractivity contribution in [3.05, 3.63) is 63.6 Å². The fraction of sp³-hybridized carbons (Fsp3) is 0.0588. The van der Waals surface area contributed by atoms with E-state index in [0.717, 1.165) is 0 Å². The van der Waals surface area contributed by atoms with Crippen molar-refractivity contribution in [2.75, 3.05) is 0 Å². The number of benzene rings is 1. The molecule has 0 fully saturated rings. The lowest BCUT2D eigenvalue weighted by Crippen LogP contribution is -1.89. The van der Waals surface area contributed by atoms with Gasteiger partial charge >= 0.3 is 0 Å². The highest BCUT2D eigenvalue weighted by atomic mass is 35.5. The summed E-state index contributed by atoms with van der Waals surface area (Å²) in [4.78, 5) is 10.5. The lowest BCUT2D eigenvalue weighted by atomic mass is 10.1. The molecular weight excluding hydrogens is 362 g/mol. The van der Waals surface area contributed by atoms with Crippen LogP contribution in [0, 0.1) is 17.0 Å². The van der Waals surface area contributed by atoms with Crippen LogP contribution in [0.25, 0.3) is 34.4 Å². The van der Waals surface area contributed by atoms with Crippen LogP contribution in [0.15, 0.2) is 55.9 Å². The van der Waals surface area contributed by atoms with Gasteiger partial charge in [-0.2, -0.15) is 0 Å². The van der Waals surface area contributed by atoms with Crippen LogP contribution in [0.5, 0.6) is 0 Å². The zero-order valence-electron chi connectivity index (χ0n) is 13.3. The van der Waals surface area contributed by atoms with E-state index < -0.39 is 4.92 Å². The number of rotatable bonds is 4. The fourth-order valence-electron chi connectivity index (χ4n) is 2.47. The van der Waals surface area contributed by atoms with Gasteiger partial charge in [-0.15, -0.1) is 10.2 Å². The molecule has 26 heavy (non-hydrogen) atoms. The Hall–Kier alpha value is -3.39. The second-order valence-corrected chi connectivity index (χ2v) is 5.80. The number of halogens is 1. The summed E-state index contributed by atoms with van der Waals surface area (Å²) >= 11 is 5.85. The lowest BCUT2D eigenvalue weighted by molar-refractivity contribution is -0.384. The molecule has 8 nitrogen and oxygen atoms in total. The summed E-state index contributed by atoms with van der Waals surface area (Å²) < 4.78 is 16.6. The molecule has 0 bridgehead atoms. The highest BCUT2D eigenvalue weighted by Gasteiger charge is 2.20. The molecule has 0 N–H and O–H groups in total. The molecule has 0 radical (unpaired) electrons. The predicted octanol–water partition coefficient (Wildman–Crippen LogP) is 5.13.